The molecule has 0 bridgehead atoms. The van der Waals surface area contributed by atoms with E-state index in [-0.39, 0.29) is 49.0 Å². The minimum Gasteiger partial charge on any atom is -0.395 e. The van der Waals surface area contributed by atoms with E-state index < -0.39 is 12.0 Å². The second-order valence-corrected chi connectivity index (χ2v) is 8.64. The number of aliphatic hydroxyl groups is 1. The van der Waals surface area contributed by atoms with E-state index in [9.17, 15) is 18.8 Å². The highest BCUT2D eigenvalue weighted by molar-refractivity contribution is 6.01. The Morgan fingerprint density at radius 1 is 1.19 bits per heavy atom. The number of β-amino-alcohol motifs (C(OH)–C–C–N with tert-alkyl or cyclic N) is 1. The lowest BCUT2D eigenvalue weighted by atomic mass is 9.96. The van der Waals surface area contributed by atoms with Crippen molar-refractivity contribution in [2.24, 2.45) is 11.8 Å². The molecule has 2 fully saturated rings. The Hall–Kier alpha value is -2.52. The average Bonchev–Trinajstić information content (AvgIpc) is 3.19. The number of carbonyl (C=O) groups excluding carboxylic acids is 3. The highest BCUT2D eigenvalue weighted by Crippen LogP contribution is 2.26. The molecule has 2 saturated heterocycles. The summed E-state index contributed by atoms with van der Waals surface area (Å²) in [6, 6.07) is 4.97. The van der Waals surface area contributed by atoms with E-state index in [1.165, 1.54) is 29.2 Å². The number of anilines is 1. The van der Waals surface area contributed by atoms with E-state index in [0.717, 1.165) is 6.42 Å². The standard InChI is InChI=1S/C23H33FN4O4/c1-3-16(2)21(23(32)27-10-8-26(9-11-27)12-13-29)25-22(31)17-14-20(30)28(15-17)19-6-4-18(24)5-7-19/h4-7,16-17,21,29H,3,8-15H2,1-2H3,(H,25,31)/t16-,17+,21-/m0/s1. The zero-order chi connectivity index (χ0) is 23.3. The van der Waals surface area contributed by atoms with Crippen molar-refractivity contribution < 1.29 is 23.9 Å². The van der Waals surface area contributed by atoms with Gasteiger partial charge >= 0.3 is 0 Å². The second-order valence-electron chi connectivity index (χ2n) is 8.64. The number of hydrogen-bond acceptors (Lipinski definition) is 5. The predicted molar refractivity (Wildman–Crippen MR) is 118 cm³/mol. The van der Waals surface area contributed by atoms with E-state index in [4.69, 9.17) is 5.11 Å². The minimum atomic E-state index is -0.646. The number of nitrogens with zero attached hydrogens (tertiary/aromatic N) is 3. The molecule has 0 spiro atoms. The summed E-state index contributed by atoms with van der Waals surface area (Å²) in [4.78, 5) is 44.1. The van der Waals surface area contributed by atoms with Gasteiger partial charge in [0.05, 0.1) is 12.5 Å². The Balaban J connectivity index is 1.63. The Morgan fingerprint density at radius 3 is 2.44 bits per heavy atom. The third kappa shape index (κ3) is 5.63. The molecule has 9 heteroatoms. The van der Waals surface area contributed by atoms with Crippen molar-refractivity contribution >= 4 is 23.4 Å². The lowest BCUT2D eigenvalue weighted by molar-refractivity contribution is -0.140. The van der Waals surface area contributed by atoms with Crippen LogP contribution in [0.3, 0.4) is 0 Å². The van der Waals surface area contributed by atoms with E-state index in [2.05, 4.69) is 10.2 Å². The predicted octanol–water partition coefficient (Wildman–Crippen LogP) is 0.846. The number of benzene rings is 1. The zero-order valence-corrected chi connectivity index (χ0v) is 18.8. The Morgan fingerprint density at radius 2 is 1.84 bits per heavy atom. The third-order valence-electron chi connectivity index (χ3n) is 6.51. The Labute approximate surface area is 188 Å². The van der Waals surface area contributed by atoms with Crippen LogP contribution in [0, 0.1) is 17.7 Å². The number of piperazine rings is 1. The lowest BCUT2D eigenvalue weighted by Crippen LogP contribution is -2.57. The van der Waals surface area contributed by atoms with Gasteiger partial charge in [0.2, 0.25) is 17.7 Å². The second kappa shape index (κ2) is 10.9. The summed E-state index contributed by atoms with van der Waals surface area (Å²) >= 11 is 0. The summed E-state index contributed by atoms with van der Waals surface area (Å²) in [5.41, 5.74) is 0.557. The number of rotatable bonds is 8. The van der Waals surface area contributed by atoms with Gasteiger partial charge < -0.3 is 20.2 Å². The fourth-order valence-corrected chi connectivity index (χ4v) is 4.24. The van der Waals surface area contributed by atoms with Gasteiger partial charge in [-0.25, -0.2) is 4.39 Å². The first-order chi connectivity index (χ1) is 15.3. The largest absolute Gasteiger partial charge is 0.395 e. The van der Waals surface area contributed by atoms with Gasteiger partial charge in [-0.3, -0.25) is 19.3 Å². The highest BCUT2D eigenvalue weighted by atomic mass is 19.1. The quantitative estimate of drug-likeness (QED) is 0.615. The molecule has 8 nitrogen and oxygen atoms in total. The third-order valence-corrected chi connectivity index (χ3v) is 6.51. The molecule has 1 aromatic rings. The lowest BCUT2D eigenvalue weighted by Gasteiger charge is -2.37. The maximum absolute atomic E-state index is 13.2. The summed E-state index contributed by atoms with van der Waals surface area (Å²) in [7, 11) is 0. The number of hydrogen-bond donors (Lipinski definition) is 2. The number of carbonyl (C=O) groups is 3. The molecule has 0 radical (unpaired) electrons. The molecule has 0 aliphatic carbocycles. The number of nitrogens with one attached hydrogen (secondary N) is 1. The maximum Gasteiger partial charge on any atom is 0.245 e. The molecule has 32 heavy (non-hydrogen) atoms. The van der Waals surface area contributed by atoms with Gasteiger partial charge in [-0.1, -0.05) is 20.3 Å². The number of aliphatic hydroxyl groups excluding tert-OH is 1. The van der Waals surface area contributed by atoms with Crippen molar-refractivity contribution in [1.82, 2.24) is 15.1 Å². The van der Waals surface area contributed by atoms with Crippen LogP contribution in [-0.4, -0.2) is 84.5 Å². The molecule has 0 aromatic heterocycles. The number of halogens is 1. The molecule has 0 saturated carbocycles. The Kier molecular flexibility index (Phi) is 8.20. The van der Waals surface area contributed by atoms with E-state index in [1.54, 1.807) is 4.90 Å². The average molecular weight is 449 g/mol. The fraction of sp³-hybridized carbons (Fsp3) is 0.609. The van der Waals surface area contributed by atoms with Crippen molar-refractivity contribution in [3.63, 3.8) is 0 Å². The minimum absolute atomic E-state index is 0.0489. The molecule has 1 aromatic carbocycles. The number of amides is 3. The van der Waals surface area contributed by atoms with Gasteiger partial charge in [0, 0.05) is 51.4 Å². The van der Waals surface area contributed by atoms with Gasteiger partial charge in [0.25, 0.3) is 0 Å². The van der Waals surface area contributed by atoms with Crippen LogP contribution >= 0.6 is 0 Å². The molecular formula is C23H33FN4O4. The first-order valence-corrected chi connectivity index (χ1v) is 11.3. The normalized spacial score (nSPS) is 21.5. The summed E-state index contributed by atoms with van der Waals surface area (Å²) in [5.74, 6) is -1.60. The van der Waals surface area contributed by atoms with Crippen LogP contribution in [0.15, 0.2) is 24.3 Å². The van der Waals surface area contributed by atoms with Crippen molar-refractivity contribution in [2.45, 2.75) is 32.7 Å². The molecule has 2 aliphatic heterocycles. The summed E-state index contributed by atoms with van der Waals surface area (Å²) in [6.07, 6.45) is 0.789. The first-order valence-electron chi connectivity index (χ1n) is 11.3. The van der Waals surface area contributed by atoms with Gasteiger partial charge in [-0.15, -0.1) is 0 Å². The summed E-state index contributed by atoms with van der Waals surface area (Å²) in [5, 5.41) is 12.0. The maximum atomic E-state index is 13.2. The van der Waals surface area contributed by atoms with Gasteiger partial charge in [0.15, 0.2) is 0 Å². The molecule has 0 unspecified atom stereocenters. The van der Waals surface area contributed by atoms with E-state index >= 15 is 0 Å². The topological polar surface area (TPSA) is 93.2 Å². The van der Waals surface area contributed by atoms with E-state index in [1.807, 2.05) is 13.8 Å². The summed E-state index contributed by atoms with van der Waals surface area (Å²) in [6.45, 7) is 7.30. The van der Waals surface area contributed by atoms with Crippen LogP contribution in [0.2, 0.25) is 0 Å². The molecule has 3 amide bonds. The molecule has 3 atom stereocenters. The van der Waals surface area contributed by atoms with Gasteiger partial charge in [-0.05, 0) is 30.2 Å². The monoisotopic (exact) mass is 448 g/mol. The van der Waals surface area contributed by atoms with Crippen LogP contribution in [-0.2, 0) is 14.4 Å². The summed E-state index contributed by atoms with van der Waals surface area (Å²) < 4.78 is 13.2. The van der Waals surface area contributed by atoms with Crippen molar-refractivity contribution in [3.05, 3.63) is 30.1 Å². The highest BCUT2D eigenvalue weighted by Gasteiger charge is 2.38. The van der Waals surface area contributed by atoms with Crippen molar-refractivity contribution in [3.8, 4) is 0 Å². The van der Waals surface area contributed by atoms with E-state index in [0.29, 0.717) is 38.4 Å². The molecule has 2 heterocycles. The van der Waals surface area contributed by atoms with Crippen LogP contribution in [0.4, 0.5) is 10.1 Å². The zero-order valence-electron chi connectivity index (χ0n) is 18.8. The molecule has 2 N–H and O–H groups in total. The van der Waals surface area contributed by atoms with Crippen LogP contribution in [0.5, 0.6) is 0 Å². The smallest absolute Gasteiger partial charge is 0.245 e. The van der Waals surface area contributed by atoms with Crippen molar-refractivity contribution in [2.75, 3.05) is 50.8 Å². The van der Waals surface area contributed by atoms with Crippen molar-refractivity contribution in [1.29, 1.82) is 0 Å². The van der Waals surface area contributed by atoms with Crippen LogP contribution in [0.1, 0.15) is 26.7 Å². The Bertz CT molecular complexity index is 811. The fourth-order valence-electron chi connectivity index (χ4n) is 4.24. The van der Waals surface area contributed by atoms with Gasteiger partial charge in [0.1, 0.15) is 11.9 Å². The molecule has 3 rings (SSSR count). The molecule has 2 aliphatic rings. The van der Waals surface area contributed by atoms with Gasteiger partial charge in [-0.2, -0.15) is 0 Å². The SMILES string of the molecule is CC[C@H](C)[C@H](NC(=O)[C@@H]1CC(=O)N(c2ccc(F)cc2)C1)C(=O)N1CCN(CCO)CC1. The van der Waals surface area contributed by atoms with Crippen LogP contribution in [0.25, 0.3) is 0 Å². The molecular weight excluding hydrogens is 415 g/mol. The molecule has 176 valence electrons. The van der Waals surface area contributed by atoms with Crippen LogP contribution < -0.4 is 10.2 Å². The first kappa shape index (κ1) is 24.1.